The van der Waals surface area contributed by atoms with Gasteiger partial charge >= 0.3 is 0 Å². The highest BCUT2D eigenvalue weighted by Crippen LogP contribution is 2.17. The minimum atomic E-state index is 0.000880. The van der Waals surface area contributed by atoms with Crippen molar-refractivity contribution in [2.75, 3.05) is 0 Å². The molecule has 3 nitrogen and oxygen atoms in total. The van der Waals surface area contributed by atoms with E-state index < -0.39 is 0 Å². The third kappa shape index (κ3) is 1.65. The first kappa shape index (κ1) is 9.23. The molecule has 3 heteroatoms. The molecule has 0 saturated carbocycles. The number of hydrogen-bond acceptors (Lipinski definition) is 2. The van der Waals surface area contributed by atoms with Crippen molar-refractivity contribution in [1.29, 1.82) is 0 Å². The lowest BCUT2D eigenvalue weighted by atomic mass is 10.2. The first-order valence-corrected chi connectivity index (χ1v) is 4.51. The lowest BCUT2D eigenvalue weighted by molar-refractivity contribution is -0.140. The molecule has 0 aromatic carbocycles. The van der Waals surface area contributed by atoms with Crippen LogP contribution in [0.25, 0.3) is 0 Å². The van der Waals surface area contributed by atoms with E-state index in [1.165, 1.54) is 4.90 Å². The Morgan fingerprint density at radius 2 is 1.83 bits per heavy atom. The summed E-state index contributed by atoms with van der Waals surface area (Å²) in [6, 6.07) is 0.0949. The van der Waals surface area contributed by atoms with Crippen LogP contribution in [-0.4, -0.2) is 22.8 Å². The number of amides is 2. The molecule has 0 spiro atoms. The molecule has 1 aliphatic rings. The van der Waals surface area contributed by atoms with E-state index in [9.17, 15) is 9.59 Å². The molecule has 1 atom stereocenters. The summed E-state index contributed by atoms with van der Waals surface area (Å²) < 4.78 is 0. The fourth-order valence-electron chi connectivity index (χ4n) is 1.63. The molecule has 1 unspecified atom stereocenters. The molecule has 0 radical (unpaired) electrons. The predicted octanol–water partition coefficient (Wildman–Crippen LogP) is 1.32. The normalized spacial score (nSPS) is 20.3. The predicted molar refractivity (Wildman–Crippen MR) is 45.5 cm³/mol. The molecule has 0 aromatic rings. The van der Waals surface area contributed by atoms with Crippen molar-refractivity contribution in [3.63, 3.8) is 0 Å². The highest BCUT2D eigenvalue weighted by molar-refractivity contribution is 6.02. The molecule has 2 amide bonds. The SMILES string of the molecule is CCCC(C)N1C(=O)CCC1=O. The van der Waals surface area contributed by atoms with Crippen LogP contribution >= 0.6 is 0 Å². The highest BCUT2D eigenvalue weighted by atomic mass is 16.2. The van der Waals surface area contributed by atoms with Crippen molar-refractivity contribution in [1.82, 2.24) is 4.90 Å². The van der Waals surface area contributed by atoms with Crippen molar-refractivity contribution < 1.29 is 9.59 Å². The molecular formula is C9H15NO2. The van der Waals surface area contributed by atoms with Gasteiger partial charge in [-0.3, -0.25) is 14.5 Å². The number of likely N-dealkylation sites (tertiary alicyclic amines) is 1. The van der Waals surface area contributed by atoms with Gasteiger partial charge in [0.15, 0.2) is 0 Å². The smallest absolute Gasteiger partial charge is 0.229 e. The van der Waals surface area contributed by atoms with Crippen molar-refractivity contribution >= 4 is 11.8 Å². The summed E-state index contributed by atoms with van der Waals surface area (Å²) >= 11 is 0. The van der Waals surface area contributed by atoms with Crippen LogP contribution in [0.15, 0.2) is 0 Å². The zero-order valence-corrected chi connectivity index (χ0v) is 7.67. The Bertz CT molecular complexity index is 185. The second-order valence-corrected chi connectivity index (χ2v) is 3.30. The Balaban J connectivity index is 2.59. The summed E-state index contributed by atoms with van der Waals surface area (Å²) in [7, 11) is 0. The molecule has 1 fully saturated rings. The summed E-state index contributed by atoms with van der Waals surface area (Å²) in [6.07, 6.45) is 2.75. The minimum Gasteiger partial charge on any atom is -0.280 e. The molecule has 0 N–H and O–H groups in total. The fraction of sp³-hybridized carbons (Fsp3) is 0.778. The third-order valence-electron chi connectivity index (χ3n) is 2.24. The number of nitrogens with zero attached hydrogens (tertiary/aromatic N) is 1. The summed E-state index contributed by atoms with van der Waals surface area (Å²) in [4.78, 5) is 23.8. The van der Waals surface area contributed by atoms with Gasteiger partial charge in [-0.1, -0.05) is 13.3 Å². The van der Waals surface area contributed by atoms with Gasteiger partial charge in [-0.2, -0.15) is 0 Å². The molecule has 0 aromatic heterocycles. The maximum absolute atomic E-state index is 11.2. The molecule has 0 aliphatic carbocycles. The highest BCUT2D eigenvalue weighted by Gasteiger charge is 2.31. The van der Waals surface area contributed by atoms with Gasteiger partial charge in [0, 0.05) is 18.9 Å². The Kier molecular flexibility index (Phi) is 2.84. The van der Waals surface area contributed by atoms with Crippen LogP contribution in [-0.2, 0) is 9.59 Å². The van der Waals surface area contributed by atoms with Crippen LogP contribution < -0.4 is 0 Å². The molecule has 1 rings (SSSR count). The van der Waals surface area contributed by atoms with E-state index in [-0.39, 0.29) is 17.9 Å². The van der Waals surface area contributed by atoms with Crippen LogP contribution in [0.4, 0.5) is 0 Å². The summed E-state index contributed by atoms with van der Waals surface area (Å²) in [5.74, 6) is 0.00176. The first-order chi connectivity index (χ1) is 5.66. The Hall–Kier alpha value is -0.860. The lowest BCUT2D eigenvalue weighted by Crippen LogP contribution is -2.37. The van der Waals surface area contributed by atoms with E-state index >= 15 is 0 Å². The van der Waals surface area contributed by atoms with Gasteiger partial charge in [0.25, 0.3) is 0 Å². The van der Waals surface area contributed by atoms with E-state index in [0.29, 0.717) is 12.8 Å². The number of rotatable bonds is 3. The maximum Gasteiger partial charge on any atom is 0.229 e. The lowest BCUT2D eigenvalue weighted by Gasteiger charge is -2.21. The quantitative estimate of drug-likeness (QED) is 0.597. The number of carbonyl (C=O) groups is 2. The van der Waals surface area contributed by atoms with E-state index in [2.05, 4.69) is 6.92 Å². The topological polar surface area (TPSA) is 37.4 Å². The molecule has 0 bridgehead atoms. The van der Waals surface area contributed by atoms with Crippen LogP contribution in [0.1, 0.15) is 39.5 Å². The van der Waals surface area contributed by atoms with Gasteiger partial charge in [0.2, 0.25) is 11.8 Å². The molecule has 1 heterocycles. The zero-order chi connectivity index (χ0) is 9.14. The summed E-state index contributed by atoms with van der Waals surface area (Å²) in [6.45, 7) is 3.99. The van der Waals surface area contributed by atoms with E-state index in [1.54, 1.807) is 0 Å². The van der Waals surface area contributed by atoms with E-state index in [4.69, 9.17) is 0 Å². The van der Waals surface area contributed by atoms with Crippen LogP contribution in [0.3, 0.4) is 0 Å². The van der Waals surface area contributed by atoms with Crippen molar-refractivity contribution in [3.8, 4) is 0 Å². The second kappa shape index (κ2) is 3.70. The van der Waals surface area contributed by atoms with Gasteiger partial charge in [-0.15, -0.1) is 0 Å². The molecule has 1 aliphatic heterocycles. The van der Waals surface area contributed by atoms with Crippen molar-refractivity contribution in [2.45, 2.75) is 45.6 Å². The fourth-order valence-corrected chi connectivity index (χ4v) is 1.63. The molecule has 68 valence electrons. The minimum absolute atomic E-state index is 0.000880. The van der Waals surface area contributed by atoms with Crippen LogP contribution in [0.5, 0.6) is 0 Å². The first-order valence-electron chi connectivity index (χ1n) is 4.51. The van der Waals surface area contributed by atoms with Crippen molar-refractivity contribution in [2.24, 2.45) is 0 Å². The van der Waals surface area contributed by atoms with Crippen LogP contribution in [0, 0.1) is 0 Å². The third-order valence-corrected chi connectivity index (χ3v) is 2.24. The number of carbonyl (C=O) groups excluding carboxylic acids is 2. The van der Waals surface area contributed by atoms with Gasteiger partial charge in [0.05, 0.1) is 0 Å². The van der Waals surface area contributed by atoms with Crippen LogP contribution in [0.2, 0.25) is 0 Å². The van der Waals surface area contributed by atoms with Crippen molar-refractivity contribution in [3.05, 3.63) is 0 Å². The average Bonchev–Trinajstić information content (AvgIpc) is 2.32. The summed E-state index contributed by atoms with van der Waals surface area (Å²) in [5, 5.41) is 0. The zero-order valence-electron chi connectivity index (χ0n) is 7.67. The largest absolute Gasteiger partial charge is 0.280 e. The molecular weight excluding hydrogens is 154 g/mol. The number of imide groups is 1. The average molecular weight is 169 g/mol. The van der Waals surface area contributed by atoms with E-state index in [0.717, 1.165) is 12.8 Å². The Morgan fingerprint density at radius 3 is 2.25 bits per heavy atom. The Labute approximate surface area is 72.7 Å². The molecule has 1 saturated heterocycles. The second-order valence-electron chi connectivity index (χ2n) is 3.30. The van der Waals surface area contributed by atoms with Gasteiger partial charge in [-0.25, -0.2) is 0 Å². The Morgan fingerprint density at radius 1 is 1.33 bits per heavy atom. The monoisotopic (exact) mass is 169 g/mol. The maximum atomic E-state index is 11.2. The van der Waals surface area contributed by atoms with E-state index in [1.807, 2.05) is 6.92 Å². The molecule has 12 heavy (non-hydrogen) atoms. The van der Waals surface area contributed by atoms with Gasteiger partial charge in [0.1, 0.15) is 0 Å². The summed E-state index contributed by atoms with van der Waals surface area (Å²) in [5.41, 5.74) is 0. The number of hydrogen-bond donors (Lipinski definition) is 0. The van der Waals surface area contributed by atoms with Gasteiger partial charge < -0.3 is 0 Å². The standard InChI is InChI=1S/C9H15NO2/c1-3-4-7(2)10-8(11)5-6-9(10)12/h7H,3-6H2,1-2H3. The van der Waals surface area contributed by atoms with Gasteiger partial charge in [-0.05, 0) is 13.3 Å².